The maximum atomic E-state index is 14.0. The summed E-state index contributed by atoms with van der Waals surface area (Å²) >= 11 is 16.3. The van der Waals surface area contributed by atoms with Crippen molar-refractivity contribution in [2.24, 2.45) is 5.92 Å². The van der Waals surface area contributed by atoms with Gasteiger partial charge in [-0.3, -0.25) is 9.69 Å². The number of aliphatic hydroxyl groups excluding tert-OH is 1. The Kier molecular flexibility index (Phi) is 7.39. The van der Waals surface area contributed by atoms with E-state index in [2.05, 4.69) is 0 Å². The van der Waals surface area contributed by atoms with Gasteiger partial charge in [-0.2, -0.15) is 12.6 Å². The van der Waals surface area contributed by atoms with Gasteiger partial charge in [0.25, 0.3) is 5.17 Å². The van der Waals surface area contributed by atoms with Gasteiger partial charge in [-0.05, 0) is 48.0 Å². The minimum Gasteiger partial charge on any atom is -0.460 e. The second-order valence-corrected chi connectivity index (χ2v) is 9.38. The van der Waals surface area contributed by atoms with Crippen molar-refractivity contribution in [3.05, 3.63) is 107 Å². The number of hydrogen-bond acceptors (Lipinski definition) is 5. The molecule has 1 aliphatic heterocycles. The molecule has 4 nitrogen and oxygen atoms in total. The Morgan fingerprint density at radius 1 is 1.00 bits per heavy atom. The molecule has 1 amide bonds. The number of halogens is 1. The van der Waals surface area contributed by atoms with Gasteiger partial charge in [0.05, 0.1) is 18.1 Å². The molecular formula is C26H24ClNO3S2. The lowest BCUT2D eigenvalue weighted by Gasteiger charge is -2.32. The number of hydrogen-bond donors (Lipinski definition) is 2. The second kappa shape index (κ2) is 10.3. The maximum Gasteiger partial charge on any atom is 0.267 e. The number of rotatable bonds is 6. The zero-order valence-electron chi connectivity index (χ0n) is 17.9. The number of amides is 1. The highest BCUT2D eigenvalue weighted by Gasteiger charge is 2.46. The zero-order chi connectivity index (χ0) is 23.5. The topological polar surface area (TPSA) is 49.8 Å². The number of carbonyl (C=O) groups is 1. The molecule has 0 aliphatic carbocycles. The van der Waals surface area contributed by atoms with E-state index in [0.717, 1.165) is 11.1 Å². The van der Waals surface area contributed by atoms with Crippen molar-refractivity contribution in [1.82, 2.24) is 4.90 Å². The molecule has 5 atom stereocenters. The number of carbonyl (C=O) groups excluding carboxylic acids is 1. The molecule has 1 fully saturated rings. The van der Waals surface area contributed by atoms with Gasteiger partial charge in [-0.15, -0.1) is 0 Å². The highest BCUT2D eigenvalue weighted by atomic mass is 35.5. The quantitative estimate of drug-likeness (QED) is 0.327. The monoisotopic (exact) mass is 497 g/mol. The van der Waals surface area contributed by atoms with Crippen molar-refractivity contribution in [3.63, 3.8) is 0 Å². The predicted octanol–water partition coefficient (Wildman–Crippen LogP) is 5.93. The molecule has 0 bridgehead atoms. The van der Waals surface area contributed by atoms with Gasteiger partial charge in [0.1, 0.15) is 6.10 Å². The van der Waals surface area contributed by atoms with Crippen LogP contribution < -0.4 is 0 Å². The molecule has 3 aromatic carbocycles. The summed E-state index contributed by atoms with van der Waals surface area (Å²) < 4.78 is 5.94. The van der Waals surface area contributed by atoms with Crippen molar-refractivity contribution < 1.29 is 14.6 Å². The molecule has 0 saturated carbocycles. The molecule has 3 aromatic rings. The summed E-state index contributed by atoms with van der Waals surface area (Å²) in [6.07, 6.45) is -1.51. The van der Waals surface area contributed by atoms with E-state index in [1.807, 2.05) is 67.6 Å². The van der Waals surface area contributed by atoms with E-state index in [4.69, 9.17) is 41.2 Å². The van der Waals surface area contributed by atoms with Crippen LogP contribution in [0, 0.1) is 5.92 Å². The Hall–Kier alpha value is -2.38. The highest BCUT2D eigenvalue weighted by Crippen LogP contribution is 2.42. The van der Waals surface area contributed by atoms with E-state index >= 15 is 0 Å². The van der Waals surface area contributed by atoms with Gasteiger partial charge in [0.15, 0.2) is 0 Å². The van der Waals surface area contributed by atoms with Crippen molar-refractivity contribution in [1.29, 1.82) is 0 Å². The maximum absolute atomic E-state index is 14.0. The number of aliphatic hydroxyl groups is 1. The fourth-order valence-electron chi connectivity index (χ4n) is 4.17. The summed E-state index contributed by atoms with van der Waals surface area (Å²) in [6.45, 7) is 1.90. The van der Waals surface area contributed by atoms with Gasteiger partial charge in [0.2, 0.25) is 5.91 Å². The van der Waals surface area contributed by atoms with E-state index in [9.17, 15) is 9.90 Å². The summed E-state index contributed by atoms with van der Waals surface area (Å²) in [5.41, 5.74) is 2.33. The van der Waals surface area contributed by atoms with Crippen LogP contribution in [0.2, 0.25) is 5.02 Å². The van der Waals surface area contributed by atoms with Crippen LogP contribution in [0.1, 0.15) is 41.1 Å². The smallest absolute Gasteiger partial charge is 0.267 e. The summed E-state index contributed by atoms with van der Waals surface area (Å²) in [5, 5.41) is 11.4. The molecule has 0 aromatic heterocycles. The standard InChI is InChI=1S/C26H24ClNO3S2/c1-16-23(18-8-4-2-5-9-18)31-26(33)28(16)25(30)21(24(32)19-10-6-3-7-11-19)22(29)17-12-14-20(27)15-13-17/h2-16,21-24,29,32H,1H3/t16-,21-,22-,23-,24-/m0/s1. The van der Waals surface area contributed by atoms with Crippen LogP contribution in [-0.2, 0) is 9.53 Å². The van der Waals surface area contributed by atoms with Gasteiger partial charge >= 0.3 is 0 Å². The molecule has 0 radical (unpaired) electrons. The molecule has 170 valence electrons. The summed E-state index contributed by atoms with van der Waals surface area (Å²) in [5.74, 6) is -1.24. The Balaban J connectivity index is 1.69. The average Bonchev–Trinajstić information content (AvgIpc) is 3.14. The largest absolute Gasteiger partial charge is 0.460 e. The summed E-state index contributed by atoms with van der Waals surface area (Å²) in [6, 6.07) is 25.6. The number of nitrogens with zero attached hydrogens (tertiary/aromatic N) is 1. The number of thiol groups is 1. The molecule has 1 N–H and O–H groups in total. The number of ether oxygens (including phenoxy) is 1. The minimum absolute atomic E-state index is 0.100. The van der Waals surface area contributed by atoms with Gasteiger partial charge in [-0.1, -0.05) is 84.4 Å². The molecular weight excluding hydrogens is 474 g/mol. The third-order valence-corrected chi connectivity index (χ3v) is 7.12. The first-order chi connectivity index (χ1) is 15.9. The lowest BCUT2D eigenvalue weighted by Crippen LogP contribution is -2.44. The van der Waals surface area contributed by atoms with Crippen LogP contribution in [0.4, 0.5) is 0 Å². The average molecular weight is 498 g/mol. The lowest BCUT2D eigenvalue weighted by atomic mass is 9.87. The predicted molar refractivity (Wildman–Crippen MR) is 137 cm³/mol. The normalized spacial score (nSPS) is 20.7. The van der Waals surface area contributed by atoms with Crippen LogP contribution >= 0.6 is 36.4 Å². The van der Waals surface area contributed by atoms with Gasteiger partial charge in [0, 0.05) is 10.3 Å². The third kappa shape index (κ3) is 4.94. The first kappa shape index (κ1) is 23.8. The van der Waals surface area contributed by atoms with E-state index < -0.39 is 17.3 Å². The molecule has 1 aliphatic rings. The molecule has 0 spiro atoms. The summed E-state index contributed by atoms with van der Waals surface area (Å²) in [7, 11) is 0. The third-order valence-electron chi connectivity index (χ3n) is 5.95. The van der Waals surface area contributed by atoms with E-state index in [0.29, 0.717) is 10.6 Å². The van der Waals surface area contributed by atoms with Gasteiger partial charge < -0.3 is 9.84 Å². The van der Waals surface area contributed by atoms with E-state index in [-0.39, 0.29) is 23.2 Å². The molecule has 0 unspecified atom stereocenters. The molecule has 7 heteroatoms. The fraction of sp³-hybridized carbons (Fsp3) is 0.231. The Morgan fingerprint density at radius 2 is 1.58 bits per heavy atom. The second-order valence-electron chi connectivity index (χ2n) is 8.04. The highest BCUT2D eigenvalue weighted by molar-refractivity contribution is 7.80. The first-order valence-corrected chi connectivity index (χ1v) is 11.9. The van der Waals surface area contributed by atoms with Crippen LogP contribution in [0.15, 0.2) is 84.9 Å². The van der Waals surface area contributed by atoms with Crippen molar-refractivity contribution in [2.75, 3.05) is 0 Å². The minimum atomic E-state index is -1.12. The van der Waals surface area contributed by atoms with Gasteiger partial charge in [-0.25, -0.2) is 0 Å². The SMILES string of the molecule is C[C@H]1[C@@H](c2ccccc2)OC(=S)N1C(=O)[C@@H]([C@@H](O)c1ccc(Cl)cc1)[C@@H](S)c1ccccc1. The molecule has 4 rings (SSSR count). The number of benzene rings is 3. The van der Waals surface area contributed by atoms with Crippen LogP contribution in [0.25, 0.3) is 0 Å². The van der Waals surface area contributed by atoms with Crippen LogP contribution in [0.3, 0.4) is 0 Å². The van der Waals surface area contributed by atoms with Crippen molar-refractivity contribution >= 4 is 47.5 Å². The molecule has 1 saturated heterocycles. The van der Waals surface area contributed by atoms with E-state index in [1.165, 1.54) is 4.90 Å². The first-order valence-electron chi connectivity index (χ1n) is 10.6. The number of thiocarbonyl (C=S) groups is 1. The molecule has 33 heavy (non-hydrogen) atoms. The Morgan fingerprint density at radius 3 is 2.18 bits per heavy atom. The lowest BCUT2D eigenvalue weighted by molar-refractivity contribution is -0.136. The van der Waals surface area contributed by atoms with Crippen LogP contribution in [0.5, 0.6) is 0 Å². The van der Waals surface area contributed by atoms with Crippen molar-refractivity contribution in [2.45, 2.75) is 30.4 Å². The zero-order valence-corrected chi connectivity index (χ0v) is 20.4. The Bertz CT molecular complexity index is 1110. The fourth-order valence-corrected chi connectivity index (χ4v) is 5.12. The Labute approximate surface area is 209 Å². The van der Waals surface area contributed by atoms with Crippen LogP contribution in [-0.4, -0.2) is 27.1 Å². The summed E-state index contributed by atoms with van der Waals surface area (Å²) in [4.78, 5) is 15.4. The van der Waals surface area contributed by atoms with E-state index in [1.54, 1.807) is 24.3 Å². The molecule has 1 heterocycles. The van der Waals surface area contributed by atoms with Crippen molar-refractivity contribution in [3.8, 4) is 0 Å².